The largest absolute Gasteiger partial charge is 0.471 e. The lowest BCUT2D eigenvalue weighted by atomic mass is 9.85. The molecule has 0 spiro atoms. The molecule has 0 aliphatic heterocycles. The van der Waals surface area contributed by atoms with Crippen LogP contribution in [0.2, 0.25) is 0 Å². The summed E-state index contributed by atoms with van der Waals surface area (Å²) >= 11 is 1.05. The molecule has 0 bridgehead atoms. The van der Waals surface area contributed by atoms with Gasteiger partial charge in [-0.2, -0.15) is 13.2 Å². The fourth-order valence-corrected chi connectivity index (χ4v) is 4.03. The average molecular weight is 349 g/mol. The van der Waals surface area contributed by atoms with Gasteiger partial charge >= 0.3 is 18.1 Å². The third-order valence-corrected chi connectivity index (χ3v) is 5.08. The summed E-state index contributed by atoms with van der Waals surface area (Å²) < 4.78 is 42.4. The highest BCUT2D eigenvalue weighted by atomic mass is 32.1. The lowest BCUT2D eigenvalue weighted by Gasteiger charge is -2.20. The first-order valence-electron chi connectivity index (χ1n) is 7.47. The number of thiophene rings is 1. The highest BCUT2D eigenvalue weighted by molar-refractivity contribution is 7.17. The summed E-state index contributed by atoms with van der Waals surface area (Å²) in [5.41, 5.74) is 0.801. The number of rotatable bonds is 4. The van der Waals surface area contributed by atoms with Crippen LogP contribution in [0.3, 0.4) is 0 Å². The number of hydrogen-bond donors (Lipinski definition) is 1. The molecule has 1 heterocycles. The van der Waals surface area contributed by atoms with E-state index < -0.39 is 18.1 Å². The number of alkyl halides is 3. The topological polar surface area (TPSA) is 55.4 Å². The van der Waals surface area contributed by atoms with Gasteiger partial charge < -0.3 is 10.1 Å². The van der Waals surface area contributed by atoms with Gasteiger partial charge in [0.1, 0.15) is 5.00 Å². The molecule has 0 saturated heterocycles. The SMILES string of the molecule is CCOC(=O)c1c(NC(=O)C(F)(F)F)sc2c1CCC(CC)C2. The van der Waals surface area contributed by atoms with E-state index in [1.54, 1.807) is 6.92 Å². The first kappa shape index (κ1) is 17.8. The second-order valence-corrected chi connectivity index (χ2v) is 6.50. The molecule has 1 aliphatic carbocycles. The Morgan fingerprint density at radius 1 is 1.35 bits per heavy atom. The number of carbonyl (C=O) groups excluding carboxylic acids is 2. The normalized spacial score (nSPS) is 17.5. The van der Waals surface area contributed by atoms with Crippen molar-refractivity contribution in [2.75, 3.05) is 11.9 Å². The average Bonchev–Trinajstić information content (AvgIpc) is 2.83. The zero-order chi connectivity index (χ0) is 17.2. The number of fused-ring (bicyclic) bond motifs is 1. The molecule has 1 amide bonds. The van der Waals surface area contributed by atoms with Crippen molar-refractivity contribution >= 4 is 28.2 Å². The predicted molar refractivity (Wildman–Crippen MR) is 80.8 cm³/mol. The van der Waals surface area contributed by atoms with Crippen LogP contribution in [0.15, 0.2) is 0 Å². The van der Waals surface area contributed by atoms with Gasteiger partial charge in [-0.3, -0.25) is 4.79 Å². The van der Waals surface area contributed by atoms with Crippen molar-refractivity contribution in [2.45, 2.75) is 45.7 Å². The molecule has 23 heavy (non-hydrogen) atoms. The highest BCUT2D eigenvalue weighted by Crippen LogP contribution is 2.41. The van der Waals surface area contributed by atoms with Crippen molar-refractivity contribution in [2.24, 2.45) is 5.92 Å². The zero-order valence-corrected chi connectivity index (χ0v) is 13.7. The Labute approximate surface area is 136 Å². The Bertz CT molecular complexity index is 610. The monoisotopic (exact) mass is 349 g/mol. The number of ether oxygens (including phenoxy) is 1. The van der Waals surface area contributed by atoms with Crippen molar-refractivity contribution in [1.29, 1.82) is 0 Å². The number of nitrogens with one attached hydrogen (secondary N) is 1. The first-order chi connectivity index (χ1) is 10.8. The van der Waals surface area contributed by atoms with Gasteiger partial charge in [0.15, 0.2) is 0 Å². The molecule has 4 nitrogen and oxygen atoms in total. The molecule has 1 unspecified atom stereocenters. The van der Waals surface area contributed by atoms with E-state index in [0.717, 1.165) is 34.6 Å². The van der Waals surface area contributed by atoms with E-state index in [2.05, 4.69) is 6.92 Å². The van der Waals surface area contributed by atoms with E-state index >= 15 is 0 Å². The summed E-state index contributed by atoms with van der Waals surface area (Å²) in [6, 6.07) is 0. The molecule has 0 saturated carbocycles. The molecule has 1 atom stereocenters. The molecule has 128 valence electrons. The number of esters is 1. The molecular formula is C15H18F3NO3S. The van der Waals surface area contributed by atoms with Crippen LogP contribution in [-0.4, -0.2) is 24.7 Å². The molecular weight excluding hydrogens is 331 g/mol. The van der Waals surface area contributed by atoms with Crippen LogP contribution in [0.1, 0.15) is 47.5 Å². The fraction of sp³-hybridized carbons (Fsp3) is 0.600. The summed E-state index contributed by atoms with van der Waals surface area (Å²) in [4.78, 5) is 24.2. The smallest absolute Gasteiger partial charge is 0.462 e. The van der Waals surface area contributed by atoms with Crippen LogP contribution < -0.4 is 5.32 Å². The first-order valence-corrected chi connectivity index (χ1v) is 8.29. The number of amides is 1. The second-order valence-electron chi connectivity index (χ2n) is 5.40. The van der Waals surface area contributed by atoms with E-state index in [1.807, 2.05) is 5.32 Å². The van der Waals surface area contributed by atoms with E-state index in [1.165, 1.54) is 0 Å². The van der Waals surface area contributed by atoms with Crippen LogP contribution in [0, 0.1) is 5.92 Å². The molecule has 1 aromatic rings. The molecule has 1 N–H and O–H groups in total. The third kappa shape index (κ3) is 3.85. The molecule has 0 fully saturated rings. The maximum atomic E-state index is 12.5. The lowest BCUT2D eigenvalue weighted by Crippen LogP contribution is -2.30. The Morgan fingerprint density at radius 2 is 2.04 bits per heavy atom. The molecule has 1 aliphatic rings. The predicted octanol–water partition coefficient (Wildman–Crippen LogP) is 3.94. The highest BCUT2D eigenvalue weighted by Gasteiger charge is 2.40. The summed E-state index contributed by atoms with van der Waals surface area (Å²) in [5.74, 6) is -2.31. The minimum atomic E-state index is -5.00. The maximum Gasteiger partial charge on any atom is 0.471 e. The van der Waals surface area contributed by atoms with Crippen molar-refractivity contribution < 1.29 is 27.5 Å². The Balaban J connectivity index is 2.38. The molecule has 8 heteroatoms. The maximum absolute atomic E-state index is 12.5. The van der Waals surface area contributed by atoms with Crippen LogP contribution >= 0.6 is 11.3 Å². The fourth-order valence-electron chi connectivity index (χ4n) is 2.68. The van der Waals surface area contributed by atoms with Crippen LogP contribution in [0.5, 0.6) is 0 Å². The van der Waals surface area contributed by atoms with Gasteiger partial charge in [-0.05, 0) is 37.7 Å². The van der Waals surface area contributed by atoms with Gasteiger partial charge in [0.05, 0.1) is 12.2 Å². The zero-order valence-electron chi connectivity index (χ0n) is 12.9. The number of halogens is 3. The van der Waals surface area contributed by atoms with Gasteiger partial charge in [0.2, 0.25) is 0 Å². The third-order valence-electron chi connectivity index (χ3n) is 3.91. The Hall–Kier alpha value is -1.57. The number of anilines is 1. The minimum absolute atomic E-state index is 0.0625. The van der Waals surface area contributed by atoms with Crippen molar-refractivity contribution in [3.63, 3.8) is 0 Å². The summed E-state index contributed by atoms with van der Waals surface area (Å²) in [5, 5.41) is 1.77. The van der Waals surface area contributed by atoms with Crippen LogP contribution in [0.4, 0.5) is 18.2 Å². The van der Waals surface area contributed by atoms with Crippen molar-refractivity contribution in [1.82, 2.24) is 0 Å². The number of carbonyl (C=O) groups is 2. The standard InChI is InChI=1S/C15H18F3NO3S/c1-3-8-5-6-9-10(7-8)23-12(11(9)13(20)22-4-2)19-14(21)15(16,17)18/h8H,3-7H2,1-2H3,(H,19,21). The molecule has 0 radical (unpaired) electrons. The van der Waals surface area contributed by atoms with E-state index in [4.69, 9.17) is 4.74 Å². The Morgan fingerprint density at radius 3 is 2.61 bits per heavy atom. The number of hydrogen-bond acceptors (Lipinski definition) is 4. The van der Waals surface area contributed by atoms with Gasteiger partial charge in [-0.1, -0.05) is 13.3 Å². The van der Waals surface area contributed by atoms with Crippen LogP contribution in [0.25, 0.3) is 0 Å². The van der Waals surface area contributed by atoms with Crippen molar-refractivity contribution in [3.05, 3.63) is 16.0 Å². The molecule has 2 rings (SSSR count). The van der Waals surface area contributed by atoms with Gasteiger partial charge in [0.25, 0.3) is 0 Å². The lowest BCUT2D eigenvalue weighted by molar-refractivity contribution is -0.167. The van der Waals surface area contributed by atoms with Gasteiger partial charge in [0, 0.05) is 4.88 Å². The summed E-state index contributed by atoms with van der Waals surface area (Å²) in [7, 11) is 0. The van der Waals surface area contributed by atoms with E-state index in [9.17, 15) is 22.8 Å². The second kappa shape index (κ2) is 6.90. The Kier molecular flexibility index (Phi) is 5.33. The van der Waals surface area contributed by atoms with E-state index in [-0.39, 0.29) is 17.2 Å². The quantitative estimate of drug-likeness (QED) is 0.838. The van der Waals surface area contributed by atoms with Crippen LogP contribution in [-0.2, 0) is 22.4 Å². The van der Waals surface area contributed by atoms with E-state index in [0.29, 0.717) is 18.8 Å². The summed E-state index contributed by atoms with van der Waals surface area (Å²) in [6.45, 7) is 3.80. The summed E-state index contributed by atoms with van der Waals surface area (Å²) in [6.07, 6.45) is -1.83. The van der Waals surface area contributed by atoms with Gasteiger partial charge in [-0.25, -0.2) is 4.79 Å². The molecule has 1 aromatic heterocycles. The van der Waals surface area contributed by atoms with Crippen molar-refractivity contribution in [3.8, 4) is 0 Å². The van der Waals surface area contributed by atoms with Gasteiger partial charge in [-0.15, -0.1) is 11.3 Å². The minimum Gasteiger partial charge on any atom is -0.462 e. The molecule has 0 aromatic carbocycles.